The van der Waals surface area contributed by atoms with E-state index in [0.29, 0.717) is 40.4 Å². The molecule has 2 rings (SSSR count). The number of nitrogens with one attached hydrogen (secondary N) is 1. The zero-order chi connectivity index (χ0) is 19.8. The number of anilines is 1. The molecule has 2 aromatic carbocycles. The van der Waals surface area contributed by atoms with Gasteiger partial charge in [0, 0.05) is 5.69 Å². The van der Waals surface area contributed by atoms with Crippen LogP contribution >= 0.6 is 15.9 Å². The number of benzene rings is 2. The van der Waals surface area contributed by atoms with E-state index in [4.69, 9.17) is 9.47 Å². The lowest BCUT2D eigenvalue weighted by Crippen LogP contribution is -2.14. The van der Waals surface area contributed by atoms with Crippen molar-refractivity contribution in [2.45, 2.75) is 20.8 Å². The van der Waals surface area contributed by atoms with Gasteiger partial charge in [0.15, 0.2) is 11.5 Å². The first-order chi connectivity index (χ1) is 13.0. The molecular weight excluding hydrogens is 408 g/mol. The van der Waals surface area contributed by atoms with Crippen molar-refractivity contribution < 1.29 is 14.3 Å². The Hall–Kier alpha value is -2.78. The molecule has 0 bridgehead atoms. The summed E-state index contributed by atoms with van der Waals surface area (Å²) in [5.41, 5.74) is 2.25. The molecule has 6 heteroatoms. The van der Waals surface area contributed by atoms with Gasteiger partial charge < -0.3 is 14.8 Å². The molecule has 0 atom stereocenters. The Morgan fingerprint density at radius 3 is 2.56 bits per heavy atom. The molecule has 1 N–H and O–H groups in total. The highest BCUT2D eigenvalue weighted by molar-refractivity contribution is 9.10. The Balaban J connectivity index is 2.35. The number of carbonyl (C=O) groups is 1. The molecule has 0 aliphatic rings. The van der Waals surface area contributed by atoms with E-state index in [1.165, 1.54) is 6.08 Å². The Labute approximate surface area is 167 Å². The average Bonchev–Trinajstić information content (AvgIpc) is 2.64. The molecule has 0 unspecified atom stereocenters. The third kappa shape index (κ3) is 5.35. The smallest absolute Gasteiger partial charge is 0.266 e. The summed E-state index contributed by atoms with van der Waals surface area (Å²) in [6, 6.07) is 12.9. The molecule has 0 saturated heterocycles. The van der Waals surface area contributed by atoms with Gasteiger partial charge in [-0.05, 0) is 72.1 Å². The van der Waals surface area contributed by atoms with Gasteiger partial charge in [0.2, 0.25) is 0 Å². The number of nitriles is 1. The van der Waals surface area contributed by atoms with E-state index in [1.54, 1.807) is 18.2 Å². The fourth-order valence-corrected chi connectivity index (χ4v) is 3.01. The molecule has 27 heavy (non-hydrogen) atoms. The van der Waals surface area contributed by atoms with Crippen molar-refractivity contribution in [2.24, 2.45) is 0 Å². The molecule has 0 aromatic heterocycles. The number of carbonyl (C=O) groups excluding carboxylic acids is 1. The summed E-state index contributed by atoms with van der Waals surface area (Å²) in [4.78, 5) is 12.5. The summed E-state index contributed by atoms with van der Waals surface area (Å²) < 4.78 is 11.9. The Bertz CT molecular complexity index is 901. The fraction of sp³-hybridized carbons (Fsp3) is 0.238. The minimum absolute atomic E-state index is 0.00300. The first-order valence-corrected chi connectivity index (χ1v) is 9.37. The lowest BCUT2D eigenvalue weighted by molar-refractivity contribution is -0.112. The van der Waals surface area contributed by atoms with Crippen LogP contribution in [0.5, 0.6) is 11.5 Å². The first kappa shape index (κ1) is 20.5. The van der Waals surface area contributed by atoms with E-state index >= 15 is 0 Å². The van der Waals surface area contributed by atoms with E-state index < -0.39 is 5.91 Å². The second kappa shape index (κ2) is 9.79. The van der Waals surface area contributed by atoms with Gasteiger partial charge in [-0.2, -0.15) is 5.26 Å². The van der Waals surface area contributed by atoms with Crippen LogP contribution in [0.2, 0.25) is 0 Å². The van der Waals surface area contributed by atoms with E-state index in [1.807, 2.05) is 45.0 Å². The number of hydrogen-bond donors (Lipinski definition) is 1. The number of para-hydroxylation sites is 1. The number of rotatable bonds is 7. The maximum Gasteiger partial charge on any atom is 0.266 e. The Morgan fingerprint density at radius 1 is 1.22 bits per heavy atom. The monoisotopic (exact) mass is 428 g/mol. The van der Waals surface area contributed by atoms with Crippen LogP contribution in [0, 0.1) is 18.3 Å². The number of nitrogens with zero attached hydrogens (tertiary/aromatic N) is 1. The average molecular weight is 429 g/mol. The predicted molar refractivity (Wildman–Crippen MR) is 110 cm³/mol. The molecule has 140 valence electrons. The number of aryl methyl sites for hydroxylation is 1. The summed E-state index contributed by atoms with van der Waals surface area (Å²) >= 11 is 3.46. The van der Waals surface area contributed by atoms with E-state index in [-0.39, 0.29) is 5.57 Å². The highest BCUT2D eigenvalue weighted by atomic mass is 79.9. The lowest BCUT2D eigenvalue weighted by atomic mass is 10.1. The van der Waals surface area contributed by atoms with Gasteiger partial charge in [-0.15, -0.1) is 0 Å². The number of amides is 1. The third-order valence-electron chi connectivity index (χ3n) is 3.69. The highest BCUT2D eigenvalue weighted by Crippen LogP contribution is 2.37. The van der Waals surface area contributed by atoms with Gasteiger partial charge >= 0.3 is 0 Å². The predicted octanol–water partition coefficient (Wildman–Crippen LogP) is 5.10. The van der Waals surface area contributed by atoms with Crippen LogP contribution in [0.1, 0.15) is 25.0 Å². The summed E-state index contributed by atoms with van der Waals surface area (Å²) in [5.74, 6) is 0.686. The molecular formula is C21H21BrN2O3. The maximum absolute atomic E-state index is 12.5. The van der Waals surface area contributed by atoms with Crippen LogP contribution in [0.3, 0.4) is 0 Å². The zero-order valence-electron chi connectivity index (χ0n) is 15.5. The van der Waals surface area contributed by atoms with Crippen LogP contribution in [-0.2, 0) is 4.79 Å². The van der Waals surface area contributed by atoms with Gasteiger partial charge in [-0.3, -0.25) is 4.79 Å². The normalized spacial score (nSPS) is 10.9. The quantitative estimate of drug-likeness (QED) is 0.491. The Kier molecular flexibility index (Phi) is 7.44. The van der Waals surface area contributed by atoms with Crippen LogP contribution in [0.4, 0.5) is 5.69 Å². The van der Waals surface area contributed by atoms with Crippen LogP contribution in [-0.4, -0.2) is 19.1 Å². The van der Waals surface area contributed by atoms with Crippen molar-refractivity contribution in [3.8, 4) is 17.6 Å². The fourth-order valence-electron chi connectivity index (χ4n) is 2.44. The van der Waals surface area contributed by atoms with Crippen LogP contribution < -0.4 is 14.8 Å². The van der Waals surface area contributed by atoms with Gasteiger partial charge in [0.1, 0.15) is 11.6 Å². The Morgan fingerprint density at radius 2 is 1.93 bits per heavy atom. The lowest BCUT2D eigenvalue weighted by Gasteiger charge is -2.13. The minimum Gasteiger partial charge on any atom is -0.490 e. The molecule has 0 saturated carbocycles. The summed E-state index contributed by atoms with van der Waals surface area (Å²) in [5, 5.41) is 12.2. The SMILES string of the molecule is CCOc1cc(/C=C(/C#N)C(=O)Nc2ccccc2C)cc(Br)c1OCC. The van der Waals surface area contributed by atoms with Crippen molar-refractivity contribution in [1.82, 2.24) is 0 Å². The van der Waals surface area contributed by atoms with Gasteiger partial charge in [-0.25, -0.2) is 0 Å². The van der Waals surface area contributed by atoms with Gasteiger partial charge in [0.05, 0.1) is 17.7 Å². The molecule has 0 fully saturated rings. The van der Waals surface area contributed by atoms with Crippen molar-refractivity contribution >= 4 is 33.6 Å². The van der Waals surface area contributed by atoms with Crippen molar-refractivity contribution in [2.75, 3.05) is 18.5 Å². The number of halogens is 1. The van der Waals surface area contributed by atoms with E-state index in [0.717, 1.165) is 5.56 Å². The molecule has 0 heterocycles. The van der Waals surface area contributed by atoms with Gasteiger partial charge in [-0.1, -0.05) is 18.2 Å². The first-order valence-electron chi connectivity index (χ1n) is 8.58. The zero-order valence-corrected chi connectivity index (χ0v) is 17.1. The topological polar surface area (TPSA) is 71.3 Å². The third-order valence-corrected chi connectivity index (χ3v) is 4.28. The van der Waals surface area contributed by atoms with Gasteiger partial charge in [0.25, 0.3) is 5.91 Å². The molecule has 0 aliphatic carbocycles. The minimum atomic E-state index is -0.463. The highest BCUT2D eigenvalue weighted by Gasteiger charge is 2.14. The van der Waals surface area contributed by atoms with Crippen molar-refractivity contribution in [3.05, 3.63) is 57.6 Å². The molecule has 5 nitrogen and oxygen atoms in total. The molecule has 2 aromatic rings. The molecule has 0 radical (unpaired) electrons. The second-order valence-corrected chi connectivity index (χ2v) is 6.49. The number of ether oxygens (including phenoxy) is 2. The molecule has 1 amide bonds. The standard InChI is InChI=1S/C21H21BrN2O3/c1-4-26-19-12-15(11-17(22)20(19)27-5-2)10-16(13-23)21(25)24-18-9-7-6-8-14(18)3/h6-12H,4-5H2,1-3H3,(H,24,25)/b16-10-. The summed E-state index contributed by atoms with van der Waals surface area (Å²) in [7, 11) is 0. The summed E-state index contributed by atoms with van der Waals surface area (Å²) in [6.07, 6.45) is 1.52. The second-order valence-electron chi connectivity index (χ2n) is 5.63. The largest absolute Gasteiger partial charge is 0.490 e. The maximum atomic E-state index is 12.5. The van der Waals surface area contributed by atoms with E-state index in [9.17, 15) is 10.1 Å². The van der Waals surface area contributed by atoms with E-state index in [2.05, 4.69) is 21.2 Å². The molecule has 0 spiro atoms. The van der Waals surface area contributed by atoms with Crippen LogP contribution in [0.15, 0.2) is 46.4 Å². The molecule has 0 aliphatic heterocycles. The summed E-state index contributed by atoms with van der Waals surface area (Å²) in [6.45, 7) is 6.63. The van der Waals surface area contributed by atoms with Crippen molar-refractivity contribution in [3.63, 3.8) is 0 Å². The number of hydrogen-bond acceptors (Lipinski definition) is 4. The van der Waals surface area contributed by atoms with Crippen LogP contribution in [0.25, 0.3) is 6.08 Å². The van der Waals surface area contributed by atoms with Crippen molar-refractivity contribution in [1.29, 1.82) is 5.26 Å².